The summed E-state index contributed by atoms with van der Waals surface area (Å²) in [4.78, 5) is 16.6. The fourth-order valence-corrected chi connectivity index (χ4v) is 2.86. The second-order valence-electron chi connectivity index (χ2n) is 7.06. The lowest BCUT2D eigenvalue weighted by atomic mass is 10.1. The van der Waals surface area contributed by atoms with E-state index in [1.54, 1.807) is 0 Å². The van der Waals surface area contributed by atoms with Gasteiger partial charge in [-0.05, 0) is 43.4 Å². The van der Waals surface area contributed by atoms with E-state index < -0.39 is 0 Å². The maximum Gasteiger partial charge on any atom is 0.224 e. The van der Waals surface area contributed by atoms with E-state index in [1.165, 1.54) is 0 Å². The van der Waals surface area contributed by atoms with E-state index in [2.05, 4.69) is 20.9 Å². The van der Waals surface area contributed by atoms with Gasteiger partial charge in [-0.1, -0.05) is 26.0 Å². The van der Waals surface area contributed by atoms with Crippen LogP contribution in [0.15, 0.2) is 29.3 Å². The number of amides is 1. The molecule has 1 aliphatic rings. The number of hydrogen-bond donors (Lipinski definition) is 3. The molecule has 0 aromatic heterocycles. The summed E-state index contributed by atoms with van der Waals surface area (Å²) in [6.45, 7) is 9.12. The fraction of sp³-hybridized carbons (Fsp3) is 0.600. The van der Waals surface area contributed by atoms with Crippen molar-refractivity contribution < 1.29 is 9.53 Å². The van der Waals surface area contributed by atoms with Gasteiger partial charge in [0.05, 0.1) is 12.6 Å². The molecule has 1 atom stereocenters. The number of hydrogen-bond acceptors (Lipinski definition) is 3. The molecule has 1 amide bonds. The van der Waals surface area contributed by atoms with Crippen LogP contribution in [0.1, 0.15) is 45.6 Å². The van der Waals surface area contributed by atoms with Gasteiger partial charge in [0.15, 0.2) is 5.96 Å². The highest BCUT2D eigenvalue weighted by molar-refractivity contribution is 14.0. The molecule has 3 N–H and O–H groups in total. The highest BCUT2D eigenvalue weighted by Crippen LogP contribution is 2.13. The van der Waals surface area contributed by atoms with E-state index >= 15 is 0 Å². The molecule has 0 saturated carbocycles. The molecule has 0 aliphatic carbocycles. The quantitative estimate of drug-likeness (QED) is 0.298. The summed E-state index contributed by atoms with van der Waals surface area (Å²) in [7, 11) is 0. The van der Waals surface area contributed by atoms with Gasteiger partial charge in [0, 0.05) is 31.8 Å². The van der Waals surface area contributed by atoms with E-state index in [-0.39, 0.29) is 36.0 Å². The fourth-order valence-electron chi connectivity index (χ4n) is 2.86. The van der Waals surface area contributed by atoms with Gasteiger partial charge in [-0.2, -0.15) is 0 Å². The van der Waals surface area contributed by atoms with Gasteiger partial charge >= 0.3 is 0 Å². The Morgan fingerprint density at radius 2 is 2.15 bits per heavy atom. The summed E-state index contributed by atoms with van der Waals surface area (Å²) < 4.78 is 5.64. The van der Waals surface area contributed by atoms with Crippen LogP contribution in [0.4, 0.5) is 5.69 Å². The number of nitrogens with one attached hydrogen (secondary N) is 3. The van der Waals surface area contributed by atoms with Crippen molar-refractivity contribution in [1.29, 1.82) is 0 Å². The van der Waals surface area contributed by atoms with Crippen LogP contribution in [0, 0.1) is 5.92 Å². The highest BCUT2D eigenvalue weighted by Gasteiger charge is 2.15. The minimum atomic E-state index is 0. The Morgan fingerprint density at radius 3 is 2.81 bits per heavy atom. The minimum absolute atomic E-state index is 0. The number of rotatable bonds is 8. The summed E-state index contributed by atoms with van der Waals surface area (Å²) in [6, 6.07) is 7.85. The molecule has 0 spiro atoms. The number of aliphatic imine (C=N–C) groups is 1. The Morgan fingerprint density at radius 1 is 1.33 bits per heavy atom. The molecule has 1 unspecified atom stereocenters. The van der Waals surface area contributed by atoms with Gasteiger partial charge in [0.1, 0.15) is 0 Å². The Kier molecular flexibility index (Phi) is 11.3. The summed E-state index contributed by atoms with van der Waals surface area (Å²) in [6.07, 6.45) is 3.04. The molecule has 152 valence electrons. The molecule has 1 aliphatic heterocycles. The lowest BCUT2D eigenvalue weighted by molar-refractivity contribution is -0.116. The molecule has 7 heteroatoms. The lowest BCUT2D eigenvalue weighted by Gasteiger charge is -2.15. The monoisotopic (exact) mass is 488 g/mol. The van der Waals surface area contributed by atoms with Gasteiger partial charge in [-0.25, -0.2) is 4.99 Å². The first-order valence-corrected chi connectivity index (χ1v) is 9.59. The second kappa shape index (κ2) is 12.9. The van der Waals surface area contributed by atoms with Crippen LogP contribution in [-0.2, 0) is 16.1 Å². The van der Waals surface area contributed by atoms with Gasteiger partial charge in [-0.15, -0.1) is 24.0 Å². The average Bonchev–Trinajstić information content (AvgIpc) is 3.10. The van der Waals surface area contributed by atoms with E-state index in [0.717, 1.165) is 49.7 Å². The standard InChI is InChI=1S/C20H32N4O2.HI/c1-4-21-20(23-14-18-9-6-10-26-18)22-13-16-7-5-8-17(12-16)24-19(25)11-15(2)3;/h5,7-8,12,15,18H,4,6,9-11,13-14H2,1-3H3,(H,24,25)(H2,21,22,23);1H. The smallest absolute Gasteiger partial charge is 0.224 e. The molecule has 1 fully saturated rings. The van der Waals surface area contributed by atoms with E-state index in [4.69, 9.17) is 4.74 Å². The van der Waals surface area contributed by atoms with Crippen LogP contribution in [-0.4, -0.2) is 37.7 Å². The molecule has 1 heterocycles. The number of halogens is 1. The largest absolute Gasteiger partial charge is 0.376 e. The van der Waals surface area contributed by atoms with Gasteiger partial charge in [0.25, 0.3) is 0 Å². The predicted molar refractivity (Wildman–Crippen MR) is 122 cm³/mol. The third-order valence-corrected chi connectivity index (χ3v) is 4.09. The molecular formula is C20H33IN4O2. The van der Waals surface area contributed by atoms with Crippen molar-refractivity contribution in [2.24, 2.45) is 10.9 Å². The van der Waals surface area contributed by atoms with Gasteiger partial charge < -0.3 is 20.7 Å². The zero-order chi connectivity index (χ0) is 18.8. The minimum Gasteiger partial charge on any atom is -0.376 e. The highest BCUT2D eigenvalue weighted by atomic mass is 127. The number of carbonyl (C=O) groups excluding carboxylic acids is 1. The van der Waals surface area contributed by atoms with E-state index in [0.29, 0.717) is 18.9 Å². The zero-order valence-electron chi connectivity index (χ0n) is 16.6. The summed E-state index contributed by atoms with van der Waals surface area (Å²) >= 11 is 0. The van der Waals surface area contributed by atoms with Gasteiger partial charge in [-0.3, -0.25) is 4.79 Å². The van der Waals surface area contributed by atoms with Crippen LogP contribution in [0.3, 0.4) is 0 Å². The van der Waals surface area contributed by atoms with Crippen LogP contribution < -0.4 is 16.0 Å². The molecule has 6 nitrogen and oxygen atoms in total. The third kappa shape index (κ3) is 9.41. The normalized spacial score (nSPS) is 16.7. The number of guanidine groups is 1. The number of ether oxygens (including phenoxy) is 1. The summed E-state index contributed by atoms with van der Waals surface area (Å²) in [5, 5.41) is 9.56. The number of nitrogens with zero attached hydrogens (tertiary/aromatic N) is 1. The summed E-state index contributed by atoms with van der Waals surface area (Å²) in [5.74, 6) is 1.19. The van der Waals surface area contributed by atoms with E-state index in [1.807, 2.05) is 45.0 Å². The van der Waals surface area contributed by atoms with Gasteiger partial charge in [0.2, 0.25) is 5.91 Å². The number of benzene rings is 1. The topological polar surface area (TPSA) is 74.8 Å². The first-order chi connectivity index (χ1) is 12.6. The van der Waals surface area contributed by atoms with Crippen molar-refractivity contribution in [2.45, 2.75) is 52.7 Å². The van der Waals surface area contributed by atoms with Crippen molar-refractivity contribution in [3.05, 3.63) is 29.8 Å². The molecule has 0 bridgehead atoms. The third-order valence-electron chi connectivity index (χ3n) is 4.09. The Bertz CT molecular complexity index is 601. The maximum absolute atomic E-state index is 11.9. The zero-order valence-corrected chi connectivity index (χ0v) is 18.9. The number of carbonyl (C=O) groups is 1. The van der Waals surface area contributed by atoms with Crippen LogP contribution in [0.25, 0.3) is 0 Å². The first-order valence-electron chi connectivity index (χ1n) is 9.59. The lowest BCUT2D eigenvalue weighted by Crippen LogP contribution is -2.41. The van der Waals surface area contributed by atoms with Crippen LogP contribution in [0.2, 0.25) is 0 Å². The Hall–Kier alpha value is -1.35. The van der Waals surface area contributed by atoms with Crippen molar-refractivity contribution in [3.63, 3.8) is 0 Å². The first kappa shape index (κ1) is 23.7. The molecule has 1 aromatic rings. The molecule has 2 rings (SSSR count). The second-order valence-corrected chi connectivity index (χ2v) is 7.06. The number of anilines is 1. The Labute approximate surface area is 179 Å². The molecular weight excluding hydrogens is 455 g/mol. The van der Waals surface area contributed by atoms with Crippen LogP contribution >= 0.6 is 24.0 Å². The molecule has 1 aromatic carbocycles. The summed E-state index contributed by atoms with van der Waals surface area (Å²) in [5.41, 5.74) is 1.88. The van der Waals surface area contributed by atoms with Crippen molar-refractivity contribution in [2.75, 3.05) is 25.0 Å². The van der Waals surface area contributed by atoms with Crippen molar-refractivity contribution in [3.8, 4) is 0 Å². The molecule has 27 heavy (non-hydrogen) atoms. The maximum atomic E-state index is 11.9. The molecule has 0 radical (unpaired) electrons. The van der Waals surface area contributed by atoms with Crippen LogP contribution in [0.5, 0.6) is 0 Å². The SMILES string of the molecule is CCNC(=NCc1cccc(NC(=O)CC(C)C)c1)NCC1CCCO1.I. The molecule has 1 saturated heterocycles. The average molecular weight is 488 g/mol. The Balaban J connectivity index is 0.00000364. The predicted octanol–water partition coefficient (Wildman–Crippen LogP) is 3.52. The van der Waals surface area contributed by atoms with Crippen molar-refractivity contribution >= 4 is 41.5 Å². The van der Waals surface area contributed by atoms with Crippen molar-refractivity contribution in [1.82, 2.24) is 10.6 Å². The van der Waals surface area contributed by atoms with E-state index in [9.17, 15) is 4.79 Å².